The third kappa shape index (κ3) is 3.16. The molecule has 0 aliphatic carbocycles. The Labute approximate surface area is 93.5 Å². The first-order chi connectivity index (χ1) is 7.58. The lowest BCUT2D eigenvalue weighted by molar-refractivity contribution is -0.418. The number of hydrogen-bond donors (Lipinski definition) is 1. The van der Waals surface area contributed by atoms with Crippen molar-refractivity contribution in [3.8, 4) is 0 Å². The maximum absolute atomic E-state index is 12.7. The van der Waals surface area contributed by atoms with E-state index in [0.29, 0.717) is 0 Å². The second kappa shape index (κ2) is 4.80. The summed E-state index contributed by atoms with van der Waals surface area (Å²) in [5.74, 6) is -6.28. The summed E-state index contributed by atoms with van der Waals surface area (Å²) in [4.78, 5) is 3.35. The zero-order valence-electron chi connectivity index (χ0n) is 7.40. The Hall–Kier alpha value is -0.230. The molecule has 1 aromatic rings. The first kappa shape index (κ1) is 14.8. The van der Waals surface area contributed by atoms with E-state index in [1.54, 1.807) is 0 Å². The van der Waals surface area contributed by atoms with Crippen LogP contribution in [0.5, 0.6) is 0 Å². The molecule has 100 valence electrons. The van der Waals surface area contributed by atoms with Crippen LogP contribution in [-0.4, -0.2) is 31.5 Å². The van der Waals surface area contributed by atoms with Crippen molar-refractivity contribution in [3.05, 3.63) is 0 Å². The zero-order valence-corrected chi connectivity index (χ0v) is 10.3. The van der Waals surface area contributed by atoms with Crippen molar-refractivity contribution in [2.45, 2.75) is 18.2 Å². The minimum Gasteiger partial charge on any atom is -0.311 e. The SMILES string of the molecule is FC(F)(F)C(F)(F)C(F)(F)On1pn[pH][nH][pH]1. The summed E-state index contributed by atoms with van der Waals surface area (Å²) in [6, 6.07) is 0. The normalized spacial score (nSPS) is 15.2. The molecular formula is C3H3F7N3OP3. The summed E-state index contributed by atoms with van der Waals surface area (Å²) in [5, 5.41) is 0. The Kier molecular flexibility index (Phi) is 4.19. The van der Waals surface area contributed by atoms with Crippen molar-refractivity contribution < 1.29 is 35.6 Å². The van der Waals surface area contributed by atoms with Crippen molar-refractivity contribution in [2.24, 2.45) is 0 Å². The number of aromatic nitrogens is 3. The van der Waals surface area contributed by atoms with E-state index in [2.05, 4.69) is 13.9 Å². The molecule has 14 heteroatoms. The number of halogens is 7. The van der Waals surface area contributed by atoms with Gasteiger partial charge in [-0.1, -0.05) is 0 Å². The third-order valence-corrected chi connectivity index (χ3v) is 4.05. The molecule has 1 aromatic heterocycles. The minimum atomic E-state index is -6.40. The van der Waals surface area contributed by atoms with Gasteiger partial charge in [0, 0.05) is 17.0 Å². The van der Waals surface area contributed by atoms with Crippen LogP contribution in [0.15, 0.2) is 0 Å². The van der Waals surface area contributed by atoms with Crippen LogP contribution in [0.4, 0.5) is 30.7 Å². The molecule has 2 atom stereocenters. The van der Waals surface area contributed by atoms with Gasteiger partial charge in [-0.05, 0) is 0 Å². The van der Waals surface area contributed by atoms with Crippen molar-refractivity contribution in [1.82, 2.24) is 13.3 Å². The Morgan fingerprint density at radius 3 is 2.12 bits per heavy atom. The highest BCUT2D eigenvalue weighted by molar-refractivity contribution is 7.44. The van der Waals surface area contributed by atoms with Gasteiger partial charge in [-0.3, -0.25) is 0 Å². The van der Waals surface area contributed by atoms with Crippen molar-refractivity contribution in [2.75, 3.05) is 0 Å². The summed E-state index contributed by atoms with van der Waals surface area (Å²) in [7, 11) is -1.10. The molecule has 0 spiro atoms. The fourth-order valence-corrected chi connectivity index (χ4v) is 3.62. The molecule has 0 saturated heterocycles. The molecule has 0 amide bonds. The topological polar surface area (TPSA) is 42.8 Å². The van der Waals surface area contributed by atoms with Crippen molar-refractivity contribution in [3.63, 3.8) is 0 Å². The highest BCUT2D eigenvalue weighted by Gasteiger charge is 2.75. The molecule has 0 aliphatic rings. The van der Waals surface area contributed by atoms with E-state index in [1.165, 1.54) is 0 Å². The Balaban J connectivity index is 2.96. The molecule has 2 unspecified atom stereocenters. The Morgan fingerprint density at radius 1 is 1.12 bits per heavy atom. The summed E-state index contributed by atoms with van der Waals surface area (Å²) in [6.45, 7) is 0. The van der Waals surface area contributed by atoms with Crippen molar-refractivity contribution in [1.29, 1.82) is 0 Å². The van der Waals surface area contributed by atoms with Crippen LogP contribution in [0.25, 0.3) is 0 Å². The molecule has 0 aliphatic heterocycles. The van der Waals surface area contributed by atoms with Crippen LogP contribution in [0.3, 0.4) is 0 Å². The van der Waals surface area contributed by atoms with Gasteiger partial charge in [0.25, 0.3) is 0 Å². The second-order valence-corrected chi connectivity index (χ2v) is 6.06. The largest absolute Gasteiger partial charge is 0.462 e. The van der Waals surface area contributed by atoms with Crippen LogP contribution >= 0.6 is 25.5 Å². The number of nitrogens with one attached hydrogen (secondary N) is 1. The maximum Gasteiger partial charge on any atom is 0.462 e. The third-order valence-electron chi connectivity index (χ3n) is 1.31. The summed E-state index contributed by atoms with van der Waals surface area (Å²) in [6.07, 6.45) is -12.1. The van der Waals surface area contributed by atoms with Gasteiger partial charge in [0.2, 0.25) is 0 Å². The number of alkyl halides is 7. The predicted molar refractivity (Wildman–Crippen MR) is 48.2 cm³/mol. The molecule has 0 bridgehead atoms. The van der Waals surface area contributed by atoms with Crippen molar-refractivity contribution >= 4 is 25.5 Å². The molecule has 1 rings (SSSR count). The molecule has 17 heavy (non-hydrogen) atoms. The Bertz CT molecular complexity index is 385. The fourth-order valence-electron chi connectivity index (χ4n) is 0.555. The summed E-state index contributed by atoms with van der Waals surface area (Å²) in [5.41, 5.74) is 0. The van der Waals surface area contributed by atoms with Crippen LogP contribution in [0, 0.1) is 0 Å². The van der Waals surface area contributed by atoms with Gasteiger partial charge in [-0.15, -0.1) is 0 Å². The molecule has 0 saturated carbocycles. The number of H-pyrrole nitrogens is 1. The lowest BCUT2D eigenvalue weighted by atomic mass is 10.3. The maximum atomic E-state index is 12.7. The fraction of sp³-hybridized carbons (Fsp3) is 1.00. The molecule has 4 nitrogen and oxygen atoms in total. The van der Waals surface area contributed by atoms with Crippen LogP contribution in [-0.2, 0) is 0 Å². The van der Waals surface area contributed by atoms with E-state index in [1.807, 2.05) is 0 Å². The zero-order chi connectivity index (χ0) is 13.3. The molecule has 0 fully saturated rings. The van der Waals surface area contributed by atoms with Gasteiger partial charge in [-0.2, -0.15) is 44.3 Å². The van der Waals surface area contributed by atoms with E-state index < -0.39 is 26.7 Å². The van der Waals surface area contributed by atoms with Crippen LogP contribution in [0.2, 0.25) is 0 Å². The van der Waals surface area contributed by atoms with Gasteiger partial charge < -0.3 is 4.51 Å². The van der Waals surface area contributed by atoms with E-state index in [-0.39, 0.29) is 21.3 Å². The van der Waals surface area contributed by atoms with Gasteiger partial charge in [0.1, 0.15) is 0 Å². The van der Waals surface area contributed by atoms with Gasteiger partial charge in [-0.25, -0.2) is 0 Å². The van der Waals surface area contributed by atoms with E-state index >= 15 is 0 Å². The smallest absolute Gasteiger partial charge is 0.311 e. The summed E-state index contributed by atoms with van der Waals surface area (Å²) >= 11 is 0. The molecule has 0 aromatic carbocycles. The van der Waals surface area contributed by atoms with E-state index in [9.17, 15) is 30.7 Å². The predicted octanol–water partition coefficient (Wildman–Crippen LogP) is 3.20. The number of aromatic amines is 1. The second-order valence-electron chi connectivity index (χ2n) is 2.49. The lowest BCUT2D eigenvalue weighted by Crippen LogP contribution is -2.56. The van der Waals surface area contributed by atoms with Gasteiger partial charge in [0.05, 0.1) is 0 Å². The number of hydrogen-bond acceptors (Lipinski definition) is 2. The highest BCUT2D eigenvalue weighted by atomic mass is 31.1. The molecule has 1 N–H and O–H groups in total. The first-order valence-electron chi connectivity index (χ1n) is 3.56. The lowest BCUT2D eigenvalue weighted by Gasteiger charge is -2.26. The van der Waals surface area contributed by atoms with Crippen LogP contribution in [0.1, 0.15) is 0 Å². The average Bonchev–Trinajstić information content (AvgIpc) is 2.16. The van der Waals surface area contributed by atoms with E-state index in [4.69, 9.17) is 0 Å². The van der Waals surface area contributed by atoms with Gasteiger partial charge in [0.15, 0.2) is 8.51 Å². The van der Waals surface area contributed by atoms with Gasteiger partial charge >= 0.3 is 18.2 Å². The standard InChI is InChI=1S/C3H3F7N3OP3/c4-1(5,2(6,7)8)3(9,10)14-13-16-11-15-12-17-13/h11,15-16H. The quantitative estimate of drug-likeness (QED) is 0.868. The first-order valence-corrected chi connectivity index (χ1v) is 6.25. The van der Waals surface area contributed by atoms with Crippen LogP contribution < -0.4 is 4.84 Å². The molecular weight excluding hydrogens is 320 g/mol. The number of rotatable bonds is 3. The monoisotopic (exact) mass is 323 g/mol. The number of nitrogens with zero attached hydrogens (tertiary/aromatic N) is 2. The molecule has 0 radical (unpaired) electrons. The minimum absolute atomic E-state index is 0.151. The highest BCUT2D eigenvalue weighted by Crippen LogP contribution is 2.46. The Morgan fingerprint density at radius 2 is 1.71 bits per heavy atom. The summed E-state index contributed by atoms with van der Waals surface area (Å²) < 4.78 is 91.3. The van der Waals surface area contributed by atoms with E-state index in [0.717, 1.165) is 0 Å². The average molecular weight is 323 g/mol. The molecule has 1 heterocycles.